The van der Waals surface area contributed by atoms with Crippen molar-refractivity contribution in [3.63, 3.8) is 0 Å². The molecule has 2 rings (SSSR count). The number of anilines is 1. The smallest absolute Gasteiger partial charge is 0.251 e. The highest BCUT2D eigenvalue weighted by molar-refractivity contribution is 5.96. The normalized spacial score (nSPS) is 9.96. The van der Waals surface area contributed by atoms with Gasteiger partial charge >= 0.3 is 0 Å². The maximum absolute atomic E-state index is 12.1. The van der Waals surface area contributed by atoms with Gasteiger partial charge in [-0.2, -0.15) is 0 Å². The Bertz CT molecular complexity index is 745. The Morgan fingerprint density at radius 1 is 0.880 bits per heavy atom. The van der Waals surface area contributed by atoms with Crippen molar-refractivity contribution in [2.75, 3.05) is 18.4 Å². The predicted octanol–water partition coefficient (Wildman–Crippen LogP) is 1.73. The summed E-state index contributed by atoms with van der Waals surface area (Å²) in [5.74, 6) is -0.545. The molecule has 6 heteroatoms. The van der Waals surface area contributed by atoms with Crippen molar-refractivity contribution in [1.82, 2.24) is 10.6 Å². The van der Waals surface area contributed by atoms with E-state index in [0.717, 1.165) is 5.56 Å². The first-order chi connectivity index (χ1) is 12.0. The lowest BCUT2D eigenvalue weighted by Crippen LogP contribution is -2.35. The van der Waals surface area contributed by atoms with Crippen molar-refractivity contribution in [3.05, 3.63) is 65.7 Å². The standard InChI is InChI=1S/C19H21N3O3/c1-14(23)22-17-9-5-8-16(13-17)19(25)21-11-10-20-18(24)12-15-6-3-2-4-7-15/h2-9,13H,10-12H2,1H3,(H,20,24)(H,21,25)(H,22,23). The Labute approximate surface area is 146 Å². The van der Waals surface area contributed by atoms with Crippen LogP contribution < -0.4 is 16.0 Å². The van der Waals surface area contributed by atoms with Gasteiger partial charge in [-0.3, -0.25) is 14.4 Å². The number of nitrogens with one attached hydrogen (secondary N) is 3. The molecule has 3 N–H and O–H groups in total. The molecule has 0 saturated carbocycles. The van der Waals surface area contributed by atoms with Crippen LogP contribution >= 0.6 is 0 Å². The lowest BCUT2D eigenvalue weighted by atomic mass is 10.1. The largest absolute Gasteiger partial charge is 0.354 e. The molecule has 2 aromatic carbocycles. The highest BCUT2D eigenvalue weighted by Gasteiger charge is 2.07. The van der Waals surface area contributed by atoms with Crippen molar-refractivity contribution in [3.8, 4) is 0 Å². The van der Waals surface area contributed by atoms with Crippen molar-refractivity contribution >= 4 is 23.4 Å². The molecule has 0 aliphatic rings. The maximum Gasteiger partial charge on any atom is 0.251 e. The van der Waals surface area contributed by atoms with Crippen LogP contribution in [0.25, 0.3) is 0 Å². The highest BCUT2D eigenvalue weighted by Crippen LogP contribution is 2.10. The molecule has 0 unspecified atom stereocenters. The fourth-order valence-electron chi connectivity index (χ4n) is 2.27. The molecular formula is C19H21N3O3. The van der Waals surface area contributed by atoms with Gasteiger partial charge in [-0.25, -0.2) is 0 Å². The lowest BCUT2D eigenvalue weighted by Gasteiger charge is -2.08. The van der Waals surface area contributed by atoms with Crippen LogP contribution in [0.1, 0.15) is 22.8 Å². The number of benzene rings is 2. The average Bonchev–Trinajstić information content (AvgIpc) is 2.59. The van der Waals surface area contributed by atoms with Crippen molar-refractivity contribution in [1.29, 1.82) is 0 Å². The third-order valence-electron chi connectivity index (χ3n) is 3.39. The van der Waals surface area contributed by atoms with Crippen LogP contribution in [0.2, 0.25) is 0 Å². The Morgan fingerprint density at radius 3 is 2.32 bits per heavy atom. The zero-order valence-electron chi connectivity index (χ0n) is 14.0. The van der Waals surface area contributed by atoms with Crippen LogP contribution in [0.5, 0.6) is 0 Å². The topological polar surface area (TPSA) is 87.3 Å². The maximum atomic E-state index is 12.1. The zero-order chi connectivity index (χ0) is 18.1. The van der Waals surface area contributed by atoms with E-state index in [2.05, 4.69) is 16.0 Å². The minimum atomic E-state index is -0.260. The van der Waals surface area contributed by atoms with E-state index >= 15 is 0 Å². The molecule has 0 radical (unpaired) electrons. The van der Waals surface area contributed by atoms with E-state index in [9.17, 15) is 14.4 Å². The Morgan fingerprint density at radius 2 is 1.60 bits per heavy atom. The van der Waals surface area contributed by atoms with Crippen LogP contribution in [0, 0.1) is 0 Å². The first kappa shape index (κ1) is 18.2. The van der Waals surface area contributed by atoms with Crippen LogP contribution in [-0.4, -0.2) is 30.8 Å². The molecule has 0 aliphatic carbocycles. The quantitative estimate of drug-likeness (QED) is 0.672. The molecule has 6 nitrogen and oxygen atoms in total. The Hall–Kier alpha value is -3.15. The first-order valence-electron chi connectivity index (χ1n) is 8.01. The van der Waals surface area contributed by atoms with E-state index in [1.54, 1.807) is 24.3 Å². The summed E-state index contributed by atoms with van der Waals surface area (Å²) in [6, 6.07) is 16.1. The molecule has 3 amide bonds. The monoisotopic (exact) mass is 339 g/mol. The van der Waals surface area contributed by atoms with Gasteiger partial charge in [0, 0.05) is 31.3 Å². The molecule has 0 atom stereocenters. The summed E-state index contributed by atoms with van der Waals surface area (Å²) in [5.41, 5.74) is 1.96. The molecular weight excluding hydrogens is 318 g/mol. The summed E-state index contributed by atoms with van der Waals surface area (Å²) in [6.07, 6.45) is 0.313. The van der Waals surface area contributed by atoms with Crippen LogP contribution in [0.4, 0.5) is 5.69 Å². The molecule has 0 heterocycles. The fourth-order valence-corrected chi connectivity index (χ4v) is 2.27. The second-order valence-corrected chi connectivity index (χ2v) is 5.53. The number of carbonyl (C=O) groups excluding carboxylic acids is 3. The van der Waals surface area contributed by atoms with Crippen LogP contribution in [0.15, 0.2) is 54.6 Å². The van der Waals surface area contributed by atoms with Gasteiger partial charge in [-0.1, -0.05) is 36.4 Å². The van der Waals surface area contributed by atoms with E-state index in [4.69, 9.17) is 0 Å². The number of hydrogen-bond acceptors (Lipinski definition) is 3. The van der Waals surface area contributed by atoms with Gasteiger partial charge in [0.15, 0.2) is 0 Å². The third kappa shape index (κ3) is 6.47. The van der Waals surface area contributed by atoms with E-state index in [-0.39, 0.29) is 17.7 Å². The van der Waals surface area contributed by atoms with Crippen molar-refractivity contribution < 1.29 is 14.4 Å². The van der Waals surface area contributed by atoms with Gasteiger partial charge in [0.25, 0.3) is 5.91 Å². The van der Waals surface area contributed by atoms with Gasteiger partial charge in [0.1, 0.15) is 0 Å². The lowest BCUT2D eigenvalue weighted by molar-refractivity contribution is -0.120. The molecule has 2 aromatic rings. The van der Waals surface area contributed by atoms with E-state index in [0.29, 0.717) is 30.8 Å². The molecule has 0 bridgehead atoms. The van der Waals surface area contributed by atoms with Gasteiger partial charge in [0.05, 0.1) is 6.42 Å². The summed E-state index contributed by atoms with van der Waals surface area (Å²) in [7, 11) is 0. The highest BCUT2D eigenvalue weighted by atomic mass is 16.2. The first-order valence-corrected chi connectivity index (χ1v) is 8.01. The van der Waals surface area contributed by atoms with E-state index in [1.807, 2.05) is 30.3 Å². The second-order valence-electron chi connectivity index (χ2n) is 5.53. The minimum absolute atomic E-state index is 0.0897. The average molecular weight is 339 g/mol. The van der Waals surface area contributed by atoms with Gasteiger partial charge < -0.3 is 16.0 Å². The molecule has 0 spiro atoms. The van der Waals surface area contributed by atoms with Crippen molar-refractivity contribution in [2.24, 2.45) is 0 Å². The molecule has 0 fully saturated rings. The molecule has 0 aromatic heterocycles. The third-order valence-corrected chi connectivity index (χ3v) is 3.39. The Balaban J connectivity index is 1.73. The van der Waals surface area contributed by atoms with E-state index < -0.39 is 0 Å². The number of hydrogen-bond donors (Lipinski definition) is 3. The van der Waals surface area contributed by atoms with Crippen LogP contribution in [-0.2, 0) is 16.0 Å². The molecule has 0 saturated heterocycles. The Kier molecular flexibility index (Phi) is 6.71. The SMILES string of the molecule is CC(=O)Nc1cccc(C(=O)NCCNC(=O)Cc2ccccc2)c1. The minimum Gasteiger partial charge on any atom is -0.354 e. The van der Waals surface area contributed by atoms with Gasteiger partial charge in [0.2, 0.25) is 11.8 Å². The molecule has 130 valence electrons. The summed E-state index contributed by atoms with van der Waals surface area (Å²) in [5, 5.41) is 8.13. The summed E-state index contributed by atoms with van der Waals surface area (Å²) in [4.78, 5) is 34.9. The predicted molar refractivity (Wildman–Crippen MR) is 96.2 cm³/mol. The molecule has 25 heavy (non-hydrogen) atoms. The second kappa shape index (κ2) is 9.22. The van der Waals surface area contributed by atoms with Gasteiger partial charge in [-0.15, -0.1) is 0 Å². The summed E-state index contributed by atoms with van der Waals surface area (Å²) < 4.78 is 0. The molecule has 0 aliphatic heterocycles. The number of carbonyl (C=O) groups is 3. The summed E-state index contributed by atoms with van der Waals surface area (Å²) >= 11 is 0. The number of amides is 3. The summed E-state index contributed by atoms with van der Waals surface area (Å²) in [6.45, 7) is 2.08. The van der Waals surface area contributed by atoms with Gasteiger partial charge in [-0.05, 0) is 23.8 Å². The van der Waals surface area contributed by atoms with Crippen LogP contribution in [0.3, 0.4) is 0 Å². The number of rotatable bonds is 7. The van der Waals surface area contributed by atoms with Crippen molar-refractivity contribution in [2.45, 2.75) is 13.3 Å². The fraction of sp³-hybridized carbons (Fsp3) is 0.211. The van der Waals surface area contributed by atoms with E-state index in [1.165, 1.54) is 6.92 Å². The zero-order valence-corrected chi connectivity index (χ0v) is 14.0.